The van der Waals surface area contributed by atoms with Gasteiger partial charge in [0.15, 0.2) is 12.4 Å². The number of benzene rings is 4. The van der Waals surface area contributed by atoms with E-state index in [2.05, 4.69) is 47.3 Å². The molecule has 1 heterocycles. The predicted octanol–water partition coefficient (Wildman–Crippen LogP) is 7.65. The molecule has 1 aromatic heterocycles. The van der Waals surface area contributed by atoms with Gasteiger partial charge in [0, 0.05) is 11.3 Å². The highest BCUT2D eigenvalue weighted by Crippen LogP contribution is 2.35. The third kappa shape index (κ3) is 7.00. The second kappa shape index (κ2) is 12.5. The van der Waals surface area contributed by atoms with Crippen molar-refractivity contribution in [3.05, 3.63) is 121 Å². The molecule has 218 valence electrons. The minimum atomic E-state index is -4.59. The molecule has 5 rings (SSSR count). The van der Waals surface area contributed by atoms with E-state index in [9.17, 15) is 27.2 Å². The maximum absolute atomic E-state index is 13.4. The van der Waals surface area contributed by atoms with Gasteiger partial charge in [-0.3, -0.25) is 9.59 Å². The van der Waals surface area contributed by atoms with Crippen molar-refractivity contribution in [2.45, 2.75) is 6.18 Å². The van der Waals surface area contributed by atoms with Crippen LogP contribution in [-0.4, -0.2) is 28.4 Å². The van der Waals surface area contributed by atoms with Crippen molar-refractivity contribution in [3.63, 3.8) is 0 Å². The smallest absolute Gasteiger partial charge is 0.416 e. The number of hydrogen-bond donors (Lipinski definition) is 1. The van der Waals surface area contributed by atoms with Crippen LogP contribution in [0.3, 0.4) is 0 Å². The van der Waals surface area contributed by atoms with E-state index in [0.29, 0.717) is 25.8 Å². The summed E-state index contributed by atoms with van der Waals surface area (Å²) < 4.78 is 61.1. The standard InChI is InChI=1S/C30H18Br2F4N4O3/c31-23-11-17(12-24(32)27(23)43-16-26(41)38-21-8-4-7-20(33)14-21)15-37-40-28(18-5-3-6-19(13-18)30(34,35)36)39-25-10-2-1-9-22(25)29(40)42/h1-15H,16H2,(H,38,41). The number of rotatable bonds is 7. The van der Waals surface area contributed by atoms with Crippen LogP contribution < -0.4 is 15.6 Å². The molecular weight excluding hydrogens is 700 g/mol. The van der Waals surface area contributed by atoms with Crippen molar-refractivity contribution in [2.24, 2.45) is 5.10 Å². The lowest BCUT2D eigenvalue weighted by atomic mass is 10.1. The summed E-state index contributed by atoms with van der Waals surface area (Å²) in [6.45, 7) is -0.375. The van der Waals surface area contributed by atoms with Crippen LogP contribution in [0.5, 0.6) is 5.75 Å². The van der Waals surface area contributed by atoms with Crippen LogP contribution >= 0.6 is 31.9 Å². The van der Waals surface area contributed by atoms with Crippen molar-refractivity contribution in [2.75, 3.05) is 11.9 Å². The van der Waals surface area contributed by atoms with Gasteiger partial charge < -0.3 is 10.1 Å². The fourth-order valence-corrected chi connectivity index (χ4v) is 5.52. The molecule has 1 amide bonds. The van der Waals surface area contributed by atoms with Gasteiger partial charge in [-0.25, -0.2) is 9.37 Å². The number of ether oxygens (including phenoxy) is 1. The lowest BCUT2D eigenvalue weighted by Gasteiger charge is -2.13. The Morgan fingerprint density at radius 2 is 1.70 bits per heavy atom. The second-order valence-corrected chi connectivity index (χ2v) is 10.8. The summed E-state index contributed by atoms with van der Waals surface area (Å²) in [5.74, 6) is -0.792. The summed E-state index contributed by atoms with van der Waals surface area (Å²) in [7, 11) is 0. The predicted molar refractivity (Wildman–Crippen MR) is 162 cm³/mol. The number of hydrogen-bond acceptors (Lipinski definition) is 5. The number of anilines is 1. The SMILES string of the molecule is O=C(COc1c(Br)cc(C=Nn2c(-c3cccc(C(F)(F)F)c3)nc3ccccc3c2=O)cc1Br)Nc1cccc(F)c1. The first-order valence-corrected chi connectivity index (χ1v) is 14.0. The van der Waals surface area contributed by atoms with E-state index in [4.69, 9.17) is 4.74 Å². The lowest BCUT2D eigenvalue weighted by molar-refractivity contribution is -0.137. The zero-order chi connectivity index (χ0) is 30.7. The number of amides is 1. The highest BCUT2D eigenvalue weighted by atomic mass is 79.9. The third-order valence-corrected chi connectivity index (χ3v) is 7.18. The maximum Gasteiger partial charge on any atom is 0.416 e. The molecule has 7 nitrogen and oxygen atoms in total. The summed E-state index contributed by atoms with van der Waals surface area (Å²) in [5.41, 5.74) is -0.350. The zero-order valence-corrected chi connectivity index (χ0v) is 24.9. The van der Waals surface area contributed by atoms with Crippen LogP contribution in [0.15, 0.2) is 104 Å². The van der Waals surface area contributed by atoms with Gasteiger partial charge in [0.05, 0.1) is 31.6 Å². The number of fused-ring (bicyclic) bond motifs is 1. The minimum absolute atomic E-state index is 0.0532. The highest BCUT2D eigenvalue weighted by molar-refractivity contribution is 9.11. The molecule has 5 aromatic rings. The van der Waals surface area contributed by atoms with Gasteiger partial charge in [-0.1, -0.05) is 30.3 Å². The number of nitrogens with zero attached hydrogens (tertiary/aromatic N) is 3. The summed E-state index contributed by atoms with van der Waals surface area (Å²) in [4.78, 5) is 30.1. The Labute approximate surface area is 258 Å². The van der Waals surface area contributed by atoms with Crippen LogP contribution in [0.25, 0.3) is 22.3 Å². The van der Waals surface area contributed by atoms with Gasteiger partial charge in [-0.2, -0.15) is 22.9 Å². The quantitative estimate of drug-likeness (QED) is 0.139. The molecule has 13 heteroatoms. The first kappa shape index (κ1) is 30.1. The number of aromatic nitrogens is 2. The molecule has 0 bridgehead atoms. The monoisotopic (exact) mass is 716 g/mol. The number of carbonyl (C=O) groups excluding carboxylic acids is 1. The molecule has 0 saturated carbocycles. The molecule has 4 aromatic carbocycles. The second-order valence-electron chi connectivity index (χ2n) is 9.05. The van der Waals surface area contributed by atoms with Gasteiger partial charge in [-0.05, 0) is 92.0 Å². The van der Waals surface area contributed by atoms with E-state index in [1.54, 1.807) is 36.4 Å². The average molecular weight is 718 g/mol. The van der Waals surface area contributed by atoms with E-state index >= 15 is 0 Å². The summed E-state index contributed by atoms with van der Waals surface area (Å²) in [6.07, 6.45) is -3.26. The van der Waals surface area contributed by atoms with Crippen molar-refractivity contribution in [1.29, 1.82) is 0 Å². The Kier molecular flexibility index (Phi) is 8.74. The van der Waals surface area contributed by atoms with E-state index in [1.165, 1.54) is 42.6 Å². The average Bonchev–Trinajstić information content (AvgIpc) is 2.96. The number of alkyl halides is 3. The van der Waals surface area contributed by atoms with Crippen LogP contribution in [0.1, 0.15) is 11.1 Å². The van der Waals surface area contributed by atoms with Crippen molar-refractivity contribution >= 4 is 60.6 Å². The van der Waals surface area contributed by atoms with Gasteiger partial charge in [0.25, 0.3) is 11.5 Å². The molecule has 0 unspecified atom stereocenters. The Morgan fingerprint density at radius 3 is 2.42 bits per heavy atom. The zero-order valence-electron chi connectivity index (χ0n) is 21.7. The molecule has 1 N–H and O–H groups in total. The molecule has 0 aliphatic heterocycles. The summed E-state index contributed by atoms with van der Waals surface area (Å²) >= 11 is 6.78. The summed E-state index contributed by atoms with van der Waals surface area (Å²) in [6, 6.07) is 19.6. The van der Waals surface area contributed by atoms with Gasteiger partial charge >= 0.3 is 6.18 Å². The molecule has 43 heavy (non-hydrogen) atoms. The normalized spacial score (nSPS) is 11.7. The maximum atomic E-state index is 13.4. The molecule has 0 atom stereocenters. The molecule has 0 radical (unpaired) electrons. The highest BCUT2D eigenvalue weighted by Gasteiger charge is 2.31. The van der Waals surface area contributed by atoms with Crippen LogP contribution in [0, 0.1) is 5.82 Å². The largest absolute Gasteiger partial charge is 0.481 e. The molecule has 0 fully saturated rings. The summed E-state index contributed by atoms with van der Waals surface area (Å²) in [5, 5.41) is 7.06. The van der Waals surface area contributed by atoms with Crippen LogP contribution in [-0.2, 0) is 11.0 Å². The van der Waals surface area contributed by atoms with Crippen molar-refractivity contribution < 1.29 is 27.1 Å². The Balaban J connectivity index is 1.44. The third-order valence-electron chi connectivity index (χ3n) is 6.00. The first-order valence-electron chi connectivity index (χ1n) is 12.4. The van der Waals surface area contributed by atoms with E-state index in [-0.39, 0.29) is 29.1 Å². The van der Waals surface area contributed by atoms with Crippen molar-refractivity contribution in [1.82, 2.24) is 9.66 Å². The lowest BCUT2D eigenvalue weighted by Crippen LogP contribution is -2.21. The number of carbonyl (C=O) groups is 1. The van der Waals surface area contributed by atoms with E-state index in [0.717, 1.165) is 16.8 Å². The fourth-order valence-electron chi connectivity index (χ4n) is 4.07. The molecule has 0 aliphatic carbocycles. The number of para-hydroxylation sites is 1. The van der Waals surface area contributed by atoms with Crippen LogP contribution in [0.4, 0.5) is 23.2 Å². The molecule has 0 saturated heterocycles. The molecular formula is C30H18Br2F4N4O3. The van der Waals surface area contributed by atoms with Crippen molar-refractivity contribution in [3.8, 4) is 17.1 Å². The molecule has 0 aliphatic rings. The Hall–Kier alpha value is -4.36. The minimum Gasteiger partial charge on any atom is -0.481 e. The Bertz CT molecular complexity index is 1920. The van der Waals surface area contributed by atoms with Gasteiger partial charge in [-0.15, -0.1) is 0 Å². The first-order chi connectivity index (χ1) is 20.5. The fraction of sp³-hybridized carbons (Fsp3) is 0.0667. The molecule has 0 spiro atoms. The topological polar surface area (TPSA) is 85.6 Å². The van der Waals surface area contributed by atoms with Gasteiger partial charge in [0.1, 0.15) is 11.6 Å². The van der Waals surface area contributed by atoms with E-state index < -0.39 is 29.0 Å². The van der Waals surface area contributed by atoms with E-state index in [1.807, 2.05) is 0 Å². The Morgan fingerprint density at radius 1 is 0.977 bits per heavy atom. The number of halogens is 6. The van der Waals surface area contributed by atoms with Crippen LogP contribution in [0.2, 0.25) is 0 Å². The van der Waals surface area contributed by atoms with Gasteiger partial charge in [0.2, 0.25) is 0 Å². The number of nitrogens with one attached hydrogen (secondary N) is 1.